The smallest absolute Gasteiger partial charge is 0.346 e. The summed E-state index contributed by atoms with van der Waals surface area (Å²) in [6.45, 7) is 1.61. The van der Waals surface area contributed by atoms with E-state index in [1.54, 1.807) is 13.0 Å². The molecule has 1 heterocycles. The van der Waals surface area contributed by atoms with Crippen LogP contribution in [0.15, 0.2) is 36.4 Å². The van der Waals surface area contributed by atoms with Gasteiger partial charge in [-0.05, 0) is 42.7 Å². The third-order valence-electron chi connectivity index (χ3n) is 5.56. The highest BCUT2D eigenvalue weighted by molar-refractivity contribution is 5.98. The molecule has 1 unspecified atom stereocenters. The van der Waals surface area contributed by atoms with Gasteiger partial charge in [0.25, 0.3) is 11.8 Å². The zero-order valence-corrected chi connectivity index (χ0v) is 18.0. The number of rotatable bonds is 9. The molecule has 0 bridgehead atoms. The normalized spacial score (nSPS) is 13.9. The standard InChI is InChI=1S/C23H21F4N3O4/c1-13(5-8-19(32)29-12-31)30-11-15-9-14(6-7-16(15)21(30)33)10-28-22(34)23(26,27)20-17(24)3-2-4-18(20)25/h2-4,6-7,9,12-13H,5,8,10-11H2,1H3,(H,28,34)(H,29,31,32). The van der Waals surface area contributed by atoms with Crippen molar-refractivity contribution in [3.63, 3.8) is 0 Å². The fourth-order valence-electron chi connectivity index (χ4n) is 3.70. The van der Waals surface area contributed by atoms with Gasteiger partial charge in [0.2, 0.25) is 12.3 Å². The molecule has 1 atom stereocenters. The molecule has 0 aliphatic carbocycles. The molecule has 0 aromatic heterocycles. The Morgan fingerprint density at radius 2 is 1.85 bits per heavy atom. The molecule has 0 saturated carbocycles. The van der Waals surface area contributed by atoms with E-state index in [1.165, 1.54) is 17.0 Å². The second-order valence-electron chi connectivity index (χ2n) is 7.85. The summed E-state index contributed by atoms with van der Waals surface area (Å²) in [5.74, 6) is -10.1. The van der Waals surface area contributed by atoms with Crippen LogP contribution in [-0.4, -0.2) is 35.1 Å². The highest BCUT2D eigenvalue weighted by Crippen LogP contribution is 2.33. The summed E-state index contributed by atoms with van der Waals surface area (Å²) in [4.78, 5) is 48.0. The summed E-state index contributed by atoms with van der Waals surface area (Å²) in [6.07, 6.45) is 0.658. The van der Waals surface area contributed by atoms with Gasteiger partial charge in [0.1, 0.15) is 17.2 Å². The number of nitrogens with one attached hydrogen (secondary N) is 2. The Morgan fingerprint density at radius 1 is 1.18 bits per heavy atom. The van der Waals surface area contributed by atoms with Crippen LogP contribution < -0.4 is 10.6 Å². The number of amides is 4. The van der Waals surface area contributed by atoms with Gasteiger partial charge >= 0.3 is 5.92 Å². The second-order valence-corrected chi connectivity index (χ2v) is 7.85. The minimum Gasteiger partial charge on any atom is -0.346 e. The molecular weight excluding hydrogens is 458 g/mol. The van der Waals surface area contributed by atoms with Crippen LogP contribution in [0.2, 0.25) is 0 Å². The molecule has 11 heteroatoms. The third-order valence-corrected chi connectivity index (χ3v) is 5.56. The monoisotopic (exact) mass is 479 g/mol. The van der Waals surface area contributed by atoms with Gasteiger partial charge in [-0.1, -0.05) is 18.2 Å². The maximum atomic E-state index is 14.4. The van der Waals surface area contributed by atoms with Crippen LogP contribution in [0.5, 0.6) is 0 Å². The number of hydrogen-bond donors (Lipinski definition) is 2. The lowest BCUT2D eigenvalue weighted by Crippen LogP contribution is -2.39. The number of nitrogens with zero attached hydrogens (tertiary/aromatic N) is 1. The Kier molecular flexibility index (Phi) is 7.33. The predicted molar refractivity (Wildman–Crippen MR) is 111 cm³/mol. The molecule has 34 heavy (non-hydrogen) atoms. The number of alkyl halides is 2. The Bertz CT molecular complexity index is 1120. The van der Waals surface area contributed by atoms with Gasteiger partial charge in [-0.25, -0.2) is 8.78 Å². The fraction of sp³-hybridized carbons (Fsp3) is 0.304. The topological polar surface area (TPSA) is 95.6 Å². The summed E-state index contributed by atoms with van der Waals surface area (Å²) in [5, 5.41) is 4.00. The van der Waals surface area contributed by atoms with Gasteiger partial charge in [-0.15, -0.1) is 0 Å². The van der Waals surface area contributed by atoms with Crippen molar-refractivity contribution in [1.82, 2.24) is 15.5 Å². The molecule has 2 N–H and O–H groups in total. The first-order chi connectivity index (χ1) is 16.1. The largest absolute Gasteiger partial charge is 0.355 e. The molecule has 1 aliphatic heterocycles. The van der Waals surface area contributed by atoms with E-state index in [0.29, 0.717) is 35.2 Å². The quantitative estimate of drug-likeness (QED) is 0.427. The molecular formula is C23H21F4N3O4. The lowest BCUT2D eigenvalue weighted by molar-refractivity contribution is -0.148. The molecule has 0 spiro atoms. The van der Waals surface area contributed by atoms with Gasteiger partial charge in [0, 0.05) is 31.1 Å². The van der Waals surface area contributed by atoms with E-state index in [1.807, 2.05) is 10.6 Å². The van der Waals surface area contributed by atoms with E-state index in [-0.39, 0.29) is 37.9 Å². The predicted octanol–water partition coefficient (Wildman–Crippen LogP) is 2.77. The SMILES string of the molecule is CC(CCC(=O)NC=O)N1Cc2cc(CNC(=O)C(F)(F)c3c(F)cccc3F)ccc2C1=O. The van der Waals surface area contributed by atoms with E-state index in [9.17, 15) is 36.7 Å². The Hall–Kier alpha value is -3.76. The van der Waals surface area contributed by atoms with Crippen molar-refractivity contribution in [2.24, 2.45) is 0 Å². The second kappa shape index (κ2) is 10.0. The number of halogens is 4. The molecule has 7 nitrogen and oxygen atoms in total. The Balaban J connectivity index is 1.65. The van der Waals surface area contributed by atoms with Crippen molar-refractivity contribution >= 4 is 24.1 Å². The summed E-state index contributed by atoms with van der Waals surface area (Å²) < 4.78 is 56.2. The highest BCUT2D eigenvalue weighted by atomic mass is 19.3. The summed E-state index contributed by atoms with van der Waals surface area (Å²) in [5.41, 5.74) is -0.214. The zero-order valence-electron chi connectivity index (χ0n) is 18.0. The molecule has 4 amide bonds. The first kappa shape index (κ1) is 24.9. The minimum absolute atomic E-state index is 0.0497. The molecule has 2 aromatic carbocycles. The van der Waals surface area contributed by atoms with Crippen LogP contribution in [-0.2, 0) is 33.4 Å². The Morgan fingerprint density at radius 3 is 2.50 bits per heavy atom. The molecule has 0 fully saturated rings. The molecule has 2 aromatic rings. The third kappa shape index (κ3) is 5.08. The maximum absolute atomic E-state index is 14.4. The van der Waals surface area contributed by atoms with Crippen LogP contribution >= 0.6 is 0 Å². The average Bonchev–Trinajstić information content (AvgIpc) is 3.11. The van der Waals surface area contributed by atoms with Crippen LogP contribution in [0.3, 0.4) is 0 Å². The summed E-state index contributed by atoms with van der Waals surface area (Å²) >= 11 is 0. The highest BCUT2D eigenvalue weighted by Gasteiger charge is 2.45. The summed E-state index contributed by atoms with van der Waals surface area (Å²) in [6, 6.07) is 6.43. The van der Waals surface area contributed by atoms with Gasteiger partial charge < -0.3 is 10.2 Å². The number of fused-ring (bicyclic) bond motifs is 1. The first-order valence-electron chi connectivity index (χ1n) is 10.3. The van der Waals surface area contributed by atoms with E-state index in [0.717, 1.165) is 6.07 Å². The summed E-state index contributed by atoms with van der Waals surface area (Å²) in [7, 11) is 0. The zero-order chi connectivity index (χ0) is 25.0. The molecule has 0 saturated heterocycles. The van der Waals surface area contributed by atoms with Gasteiger partial charge in [0.15, 0.2) is 0 Å². The van der Waals surface area contributed by atoms with Crippen molar-refractivity contribution in [1.29, 1.82) is 0 Å². The number of carbonyl (C=O) groups excluding carboxylic acids is 4. The Labute approximate surface area is 192 Å². The number of imide groups is 1. The van der Waals surface area contributed by atoms with E-state index < -0.39 is 34.9 Å². The minimum atomic E-state index is -4.43. The van der Waals surface area contributed by atoms with Crippen LogP contribution in [0, 0.1) is 11.6 Å². The molecule has 180 valence electrons. The lowest BCUT2D eigenvalue weighted by Gasteiger charge is -2.23. The lowest BCUT2D eigenvalue weighted by atomic mass is 10.0. The molecule has 0 radical (unpaired) electrons. The first-order valence-corrected chi connectivity index (χ1v) is 10.3. The molecule has 3 rings (SSSR count). The fourth-order valence-corrected chi connectivity index (χ4v) is 3.70. The average molecular weight is 479 g/mol. The van der Waals surface area contributed by atoms with Crippen molar-refractivity contribution in [2.75, 3.05) is 0 Å². The van der Waals surface area contributed by atoms with Crippen LogP contribution in [0.1, 0.15) is 46.8 Å². The van der Waals surface area contributed by atoms with Crippen LogP contribution in [0.4, 0.5) is 17.6 Å². The van der Waals surface area contributed by atoms with Gasteiger partial charge in [-0.2, -0.15) is 8.78 Å². The van der Waals surface area contributed by atoms with Crippen LogP contribution in [0.25, 0.3) is 0 Å². The van der Waals surface area contributed by atoms with Crippen molar-refractivity contribution in [2.45, 2.75) is 44.8 Å². The van der Waals surface area contributed by atoms with Crippen molar-refractivity contribution < 1.29 is 36.7 Å². The van der Waals surface area contributed by atoms with Gasteiger partial charge in [-0.3, -0.25) is 24.5 Å². The van der Waals surface area contributed by atoms with Crippen molar-refractivity contribution in [3.8, 4) is 0 Å². The maximum Gasteiger partial charge on any atom is 0.355 e. The van der Waals surface area contributed by atoms with Crippen molar-refractivity contribution in [3.05, 3.63) is 70.3 Å². The van der Waals surface area contributed by atoms with E-state index >= 15 is 0 Å². The van der Waals surface area contributed by atoms with E-state index in [2.05, 4.69) is 0 Å². The number of hydrogen-bond acceptors (Lipinski definition) is 4. The molecule has 1 aliphatic rings. The van der Waals surface area contributed by atoms with Gasteiger partial charge in [0.05, 0.1) is 0 Å². The number of carbonyl (C=O) groups is 4. The number of benzene rings is 2. The van der Waals surface area contributed by atoms with E-state index in [4.69, 9.17) is 0 Å².